The molecule has 0 aromatic heterocycles. The number of carbonyl (C=O) groups excluding carboxylic acids is 1. The molecular weight excluding hydrogens is 319 g/mol. The van der Waals surface area contributed by atoms with Gasteiger partial charge in [0.05, 0.1) is 10.5 Å². The SMILES string of the molecule is O=C(NS(=O)(=O)c1ccccc1)c1ccc(C(F)(F)F)cc1. The fourth-order valence-electron chi connectivity index (χ4n) is 1.65. The molecule has 1 N–H and O–H groups in total. The van der Waals surface area contributed by atoms with E-state index >= 15 is 0 Å². The second kappa shape index (κ2) is 5.80. The van der Waals surface area contributed by atoms with Crippen molar-refractivity contribution in [1.29, 1.82) is 0 Å². The van der Waals surface area contributed by atoms with Gasteiger partial charge in [-0.15, -0.1) is 0 Å². The summed E-state index contributed by atoms with van der Waals surface area (Å²) in [5.74, 6) is -1.00. The van der Waals surface area contributed by atoms with Gasteiger partial charge < -0.3 is 0 Å². The lowest BCUT2D eigenvalue weighted by molar-refractivity contribution is -0.137. The van der Waals surface area contributed by atoms with E-state index in [-0.39, 0.29) is 10.5 Å². The summed E-state index contributed by atoms with van der Waals surface area (Å²) in [6.45, 7) is 0. The first-order valence-corrected chi connectivity index (χ1v) is 7.48. The molecule has 0 atom stereocenters. The van der Waals surface area contributed by atoms with Gasteiger partial charge in [-0.3, -0.25) is 4.79 Å². The summed E-state index contributed by atoms with van der Waals surface area (Å²) in [4.78, 5) is 11.7. The first kappa shape index (κ1) is 16.0. The van der Waals surface area contributed by atoms with Crippen LogP contribution in [0.15, 0.2) is 59.5 Å². The number of carbonyl (C=O) groups is 1. The van der Waals surface area contributed by atoms with Crippen LogP contribution in [0.1, 0.15) is 15.9 Å². The molecule has 0 radical (unpaired) electrons. The molecule has 2 aromatic carbocycles. The van der Waals surface area contributed by atoms with E-state index in [1.807, 2.05) is 0 Å². The van der Waals surface area contributed by atoms with Crippen molar-refractivity contribution in [2.24, 2.45) is 0 Å². The molecule has 0 unspecified atom stereocenters. The molecule has 0 saturated carbocycles. The molecule has 0 fully saturated rings. The van der Waals surface area contributed by atoms with Crippen molar-refractivity contribution in [2.75, 3.05) is 0 Å². The zero-order valence-electron chi connectivity index (χ0n) is 11.0. The van der Waals surface area contributed by atoms with E-state index in [9.17, 15) is 26.4 Å². The lowest BCUT2D eigenvalue weighted by Crippen LogP contribution is -2.30. The third kappa shape index (κ3) is 3.64. The Morgan fingerprint density at radius 2 is 1.45 bits per heavy atom. The number of hydrogen-bond acceptors (Lipinski definition) is 3. The Balaban J connectivity index is 2.19. The maximum absolute atomic E-state index is 12.4. The highest BCUT2D eigenvalue weighted by atomic mass is 32.2. The van der Waals surface area contributed by atoms with E-state index in [0.29, 0.717) is 12.1 Å². The summed E-state index contributed by atoms with van der Waals surface area (Å²) >= 11 is 0. The van der Waals surface area contributed by atoms with E-state index in [4.69, 9.17) is 0 Å². The maximum atomic E-state index is 12.4. The second-order valence-electron chi connectivity index (χ2n) is 4.32. The average Bonchev–Trinajstić information content (AvgIpc) is 2.47. The Hall–Kier alpha value is -2.35. The van der Waals surface area contributed by atoms with Crippen LogP contribution in [0.2, 0.25) is 0 Å². The van der Waals surface area contributed by atoms with E-state index in [1.165, 1.54) is 24.3 Å². The van der Waals surface area contributed by atoms with Crippen molar-refractivity contribution in [3.05, 3.63) is 65.7 Å². The van der Waals surface area contributed by atoms with Crippen molar-refractivity contribution in [3.63, 3.8) is 0 Å². The number of sulfonamides is 1. The van der Waals surface area contributed by atoms with Gasteiger partial charge in [0.25, 0.3) is 15.9 Å². The van der Waals surface area contributed by atoms with Crippen molar-refractivity contribution < 1.29 is 26.4 Å². The van der Waals surface area contributed by atoms with Crippen LogP contribution in [-0.4, -0.2) is 14.3 Å². The molecule has 0 saturated heterocycles. The number of hydrogen-bond donors (Lipinski definition) is 1. The number of rotatable bonds is 3. The minimum absolute atomic E-state index is 0.115. The molecule has 4 nitrogen and oxygen atoms in total. The minimum Gasteiger partial charge on any atom is -0.268 e. The van der Waals surface area contributed by atoms with Crippen molar-refractivity contribution >= 4 is 15.9 Å². The number of benzene rings is 2. The van der Waals surface area contributed by atoms with Crippen LogP contribution in [0.5, 0.6) is 0 Å². The molecule has 0 aliphatic heterocycles. The number of halogens is 3. The maximum Gasteiger partial charge on any atom is 0.416 e. The topological polar surface area (TPSA) is 63.2 Å². The van der Waals surface area contributed by atoms with Crippen molar-refractivity contribution in [1.82, 2.24) is 4.72 Å². The monoisotopic (exact) mass is 329 g/mol. The molecule has 8 heteroatoms. The summed E-state index contributed by atoms with van der Waals surface area (Å²) < 4.78 is 62.9. The number of nitrogens with one attached hydrogen (secondary N) is 1. The van der Waals surface area contributed by atoms with Crippen LogP contribution in [0, 0.1) is 0 Å². The number of alkyl halides is 3. The molecular formula is C14H10F3NO3S. The Kier molecular flexibility index (Phi) is 4.23. The van der Waals surface area contributed by atoms with Gasteiger partial charge in [0.15, 0.2) is 0 Å². The molecule has 0 heterocycles. The highest BCUT2D eigenvalue weighted by Gasteiger charge is 2.30. The van der Waals surface area contributed by atoms with Crippen LogP contribution < -0.4 is 4.72 Å². The van der Waals surface area contributed by atoms with Gasteiger partial charge >= 0.3 is 6.18 Å². The largest absolute Gasteiger partial charge is 0.416 e. The zero-order valence-corrected chi connectivity index (χ0v) is 11.8. The van der Waals surface area contributed by atoms with Gasteiger partial charge in [0.1, 0.15) is 0 Å². The van der Waals surface area contributed by atoms with E-state index in [2.05, 4.69) is 0 Å². The molecule has 116 valence electrons. The third-order valence-corrected chi connectivity index (χ3v) is 4.10. The molecule has 2 aromatic rings. The van der Waals surface area contributed by atoms with Gasteiger partial charge in [0, 0.05) is 5.56 Å². The molecule has 0 aliphatic carbocycles. The van der Waals surface area contributed by atoms with Crippen LogP contribution in [0.25, 0.3) is 0 Å². The lowest BCUT2D eigenvalue weighted by Gasteiger charge is -2.09. The Bertz CT molecular complexity index is 769. The van der Waals surface area contributed by atoms with E-state index < -0.39 is 27.7 Å². The summed E-state index contributed by atoms with van der Waals surface area (Å²) in [5.41, 5.74) is -1.11. The zero-order chi connectivity index (χ0) is 16.4. The van der Waals surface area contributed by atoms with Crippen LogP contribution in [0.4, 0.5) is 13.2 Å². The second-order valence-corrected chi connectivity index (χ2v) is 6.01. The summed E-state index contributed by atoms with van der Waals surface area (Å²) in [6, 6.07) is 10.4. The molecule has 0 aliphatic rings. The van der Waals surface area contributed by atoms with Gasteiger partial charge in [-0.1, -0.05) is 18.2 Å². The number of amides is 1. The average molecular weight is 329 g/mol. The van der Waals surface area contributed by atoms with Crippen LogP contribution in [0.3, 0.4) is 0 Å². The van der Waals surface area contributed by atoms with Crippen molar-refractivity contribution in [2.45, 2.75) is 11.1 Å². The smallest absolute Gasteiger partial charge is 0.268 e. The van der Waals surface area contributed by atoms with E-state index in [1.54, 1.807) is 10.8 Å². The Labute approximate surface area is 124 Å². The van der Waals surface area contributed by atoms with E-state index in [0.717, 1.165) is 12.1 Å². The molecule has 2 rings (SSSR count). The fraction of sp³-hybridized carbons (Fsp3) is 0.0714. The normalized spacial score (nSPS) is 12.0. The van der Waals surface area contributed by atoms with Gasteiger partial charge in [-0.2, -0.15) is 13.2 Å². The Morgan fingerprint density at radius 1 is 0.909 bits per heavy atom. The predicted molar refractivity (Wildman–Crippen MR) is 72.5 cm³/mol. The molecule has 22 heavy (non-hydrogen) atoms. The standard InChI is InChI=1S/C14H10F3NO3S/c15-14(16,17)11-8-6-10(7-9-11)13(19)18-22(20,21)12-4-2-1-3-5-12/h1-9H,(H,18,19). The predicted octanol–water partition coefficient (Wildman–Crippen LogP) is 2.82. The molecule has 0 spiro atoms. The lowest BCUT2D eigenvalue weighted by atomic mass is 10.1. The highest BCUT2D eigenvalue weighted by Crippen LogP contribution is 2.29. The van der Waals surface area contributed by atoms with Gasteiger partial charge in [-0.25, -0.2) is 13.1 Å². The summed E-state index contributed by atoms with van der Waals surface area (Å²) in [5, 5.41) is 0. The van der Waals surface area contributed by atoms with Gasteiger partial charge in [-0.05, 0) is 36.4 Å². The fourth-order valence-corrected chi connectivity index (χ4v) is 2.65. The third-order valence-electron chi connectivity index (χ3n) is 2.75. The van der Waals surface area contributed by atoms with Crippen LogP contribution >= 0.6 is 0 Å². The Morgan fingerprint density at radius 3 is 1.95 bits per heavy atom. The minimum atomic E-state index is -4.52. The molecule has 1 amide bonds. The van der Waals surface area contributed by atoms with Crippen molar-refractivity contribution in [3.8, 4) is 0 Å². The first-order valence-electron chi connectivity index (χ1n) is 5.99. The quantitative estimate of drug-likeness (QED) is 0.942. The highest BCUT2D eigenvalue weighted by molar-refractivity contribution is 7.90. The summed E-state index contributed by atoms with van der Waals surface area (Å²) in [6.07, 6.45) is -4.52. The first-order chi connectivity index (χ1) is 10.2. The van der Waals surface area contributed by atoms with Gasteiger partial charge in [0.2, 0.25) is 0 Å². The summed E-state index contributed by atoms with van der Waals surface area (Å²) in [7, 11) is -4.07. The van der Waals surface area contributed by atoms with Crippen LogP contribution in [-0.2, 0) is 16.2 Å². The molecule has 0 bridgehead atoms.